The van der Waals surface area contributed by atoms with Crippen molar-refractivity contribution in [1.29, 1.82) is 0 Å². The Morgan fingerprint density at radius 2 is 2.06 bits per heavy atom. The van der Waals surface area contributed by atoms with Crippen LogP contribution >= 0.6 is 0 Å². The first-order valence-electron chi connectivity index (χ1n) is 4.57. The Bertz CT molecular complexity index is 474. The molecule has 0 fully saturated rings. The third-order valence-corrected chi connectivity index (χ3v) is 2.07. The summed E-state index contributed by atoms with van der Waals surface area (Å²) < 4.78 is 0. The normalized spacial score (nSPS) is 11.3. The van der Waals surface area contributed by atoms with E-state index in [1.165, 1.54) is 30.3 Å². The highest BCUT2D eigenvalue weighted by molar-refractivity contribution is 5.75. The summed E-state index contributed by atoms with van der Waals surface area (Å²) in [6.07, 6.45) is 1.17. The van der Waals surface area contributed by atoms with E-state index in [2.05, 4.69) is 4.99 Å². The Balaban J connectivity index is 2.83. The standard InChI is InChI=1S/C10H8N2O5/c13-6-11-9(10(14)15)5-7-1-3-8(4-2-7)12(16)17/h1-4,9H,5H2,(H,14,15)/t9-/m0/s1. The number of carboxylic acids is 1. The van der Waals surface area contributed by atoms with Crippen molar-refractivity contribution in [2.45, 2.75) is 12.5 Å². The Morgan fingerprint density at radius 1 is 1.47 bits per heavy atom. The summed E-state index contributed by atoms with van der Waals surface area (Å²) in [6.45, 7) is 0. The lowest BCUT2D eigenvalue weighted by molar-refractivity contribution is -0.384. The molecule has 1 atom stereocenters. The summed E-state index contributed by atoms with van der Waals surface area (Å²) in [4.78, 5) is 33.7. The molecule has 17 heavy (non-hydrogen) atoms. The van der Waals surface area contributed by atoms with Crippen molar-refractivity contribution in [1.82, 2.24) is 0 Å². The van der Waals surface area contributed by atoms with Crippen molar-refractivity contribution in [3.63, 3.8) is 0 Å². The molecule has 1 rings (SSSR count). The van der Waals surface area contributed by atoms with Gasteiger partial charge in [0.15, 0.2) is 6.04 Å². The molecule has 1 N–H and O–H groups in total. The first-order chi connectivity index (χ1) is 8.04. The lowest BCUT2D eigenvalue weighted by atomic mass is 10.1. The Kier molecular flexibility index (Phi) is 4.08. The number of aliphatic carboxylic acids is 1. The van der Waals surface area contributed by atoms with Crippen molar-refractivity contribution in [3.8, 4) is 0 Å². The van der Waals surface area contributed by atoms with E-state index in [9.17, 15) is 19.7 Å². The topological polar surface area (TPSA) is 110 Å². The zero-order valence-electron chi connectivity index (χ0n) is 8.57. The molecule has 1 aromatic carbocycles. The van der Waals surface area contributed by atoms with Crippen LogP contribution in [0.1, 0.15) is 5.56 Å². The number of aliphatic imine (C=N–C) groups is 1. The van der Waals surface area contributed by atoms with Gasteiger partial charge in [-0.05, 0) is 5.56 Å². The van der Waals surface area contributed by atoms with Gasteiger partial charge in [0, 0.05) is 18.6 Å². The zero-order chi connectivity index (χ0) is 12.8. The SMILES string of the molecule is O=C=N[C@@H](Cc1ccc([N+](=O)[O-])cc1)C(=O)O. The minimum atomic E-state index is -1.24. The van der Waals surface area contributed by atoms with Crippen LogP contribution in [0.4, 0.5) is 5.69 Å². The van der Waals surface area contributed by atoms with Crippen LogP contribution in [0.25, 0.3) is 0 Å². The second-order valence-electron chi connectivity index (χ2n) is 3.20. The highest BCUT2D eigenvalue weighted by atomic mass is 16.6. The van der Waals surface area contributed by atoms with Crippen LogP contribution in [0.2, 0.25) is 0 Å². The van der Waals surface area contributed by atoms with Gasteiger partial charge in [0.1, 0.15) is 0 Å². The van der Waals surface area contributed by atoms with Gasteiger partial charge in [0.05, 0.1) is 4.92 Å². The van der Waals surface area contributed by atoms with Crippen LogP contribution in [0.5, 0.6) is 0 Å². The Hall–Kier alpha value is -2.53. The predicted molar refractivity (Wildman–Crippen MR) is 56.3 cm³/mol. The predicted octanol–water partition coefficient (Wildman–Crippen LogP) is 0.926. The number of carboxylic acid groups (broad SMARTS) is 1. The van der Waals surface area contributed by atoms with Crippen molar-refractivity contribution in [2.24, 2.45) is 4.99 Å². The van der Waals surface area contributed by atoms with Crippen LogP contribution in [0.3, 0.4) is 0 Å². The number of non-ortho nitro benzene ring substituents is 1. The first kappa shape index (κ1) is 12.5. The molecule has 88 valence electrons. The van der Waals surface area contributed by atoms with E-state index in [0.29, 0.717) is 5.56 Å². The van der Waals surface area contributed by atoms with Gasteiger partial charge < -0.3 is 5.11 Å². The Labute approximate surface area is 95.6 Å². The highest BCUT2D eigenvalue weighted by Crippen LogP contribution is 2.13. The van der Waals surface area contributed by atoms with E-state index in [4.69, 9.17) is 5.11 Å². The fourth-order valence-electron chi connectivity index (χ4n) is 1.23. The minimum Gasteiger partial charge on any atom is -0.480 e. The molecule has 0 amide bonds. The van der Waals surface area contributed by atoms with Crippen LogP contribution in [-0.2, 0) is 16.0 Å². The minimum absolute atomic E-state index is 0.0113. The average molecular weight is 236 g/mol. The number of rotatable bonds is 5. The largest absolute Gasteiger partial charge is 0.480 e. The van der Waals surface area contributed by atoms with Gasteiger partial charge in [-0.3, -0.25) is 10.1 Å². The summed E-state index contributed by atoms with van der Waals surface area (Å²) >= 11 is 0. The summed E-state index contributed by atoms with van der Waals surface area (Å²) in [6, 6.07) is 4.16. The first-order valence-corrected chi connectivity index (χ1v) is 4.57. The van der Waals surface area contributed by atoms with Gasteiger partial charge in [0.25, 0.3) is 5.69 Å². The van der Waals surface area contributed by atoms with Crippen molar-refractivity contribution in [2.75, 3.05) is 0 Å². The monoisotopic (exact) mass is 236 g/mol. The van der Waals surface area contributed by atoms with Crippen molar-refractivity contribution >= 4 is 17.7 Å². The lowest BCUT2D eigenvalue weighted by Crippen LogP contribution is -2.20. The molecular weight excluding hydrogens is 228 g/mol. The van der Waals surface area contributed by atoms with E-state index >= 15 is 0 Å². The van der Waals surface area contributed by atoms with Crippen LogP contribution in [0, 0.1) is 10.1 Å². The van der Waals surface area contributed by atoms with Gasteiger partial charge in [-0.15, -0.1) is 0 Å². The molecule has 1 aromatic rings. The van der Waals surface area contributed by atoms with Gasteiger partial charge in [-0.2, -0.15) is 4.99 Å². The smallest absolute Gasteiger partial charge is 0.329 e. The molecule has 0 heterocycles. The number of benzene rings is 1. The Morgan fingerprint density at radius 3 is 2.47 bits per heavy atom. The highest BCUT2D eigenvalue weighted by Gasteiger charge is 2.17. The van der Waals surface area contributed by atoms with Gasteiger partial charge >= 0.3 is 5.97 Å². The summed E-state index contributed by atoms with van der Waals surface area (Å²) in [5, 5.41) is 19.1. The van der Waals surface area contributed by atoms with Crippen molar-refractivity contribution < 1.29 is 19.6 Å². The maximum Gasteiger partial charge on any atom is 0.329 e. The van der Waals surface area contributed by atoms with E-state index in [0.717, 1.165) is 0 Å². The fourth-order valence-corrected chi connectivity index (χ4v) is 1.23. The molecule has 7 heteroatoms. The van der Waals surface area contributed by atoms with Crippen molar-refractivity contribution in [3.05, 3.63) is 39.9 Å². The maximum absolute atomic E-state index is 10.7. The molecule has 0 radical (unpaired) electrons. The van der Waals surface area contributed by atoms with E-state index in [1.54, 1.807) is 0 Å². The maximum atomic E-state index is 10.7. The lowest BCUT2D eigenvalue weighted by Gasteiger charge is -2.04. The van der Waals surface area contributed by atoms with Gasteiger partial charge in [0.2, 0.25) is 6.08 Å². The quantitative estimate of drug-likeness (QED) is 0.354. The molecule has 0 aromatic heterocycles. The van der Waals surface area contributed by atoms with E-state index in [-0.39, 0.29) is 12.1 Å². The zero-order valence-corrected chi connectivity index (χ0v) is 8.57. The molecule has 0 bridgehead atoms. The molecule has 0 unspecified atom stereocenters. The molecule has 7 nitrogen and oxygen atoms in total. The molecule has 0 aliphatic carbocycles. The molecular formula is C10H8N2O5. The third-order valence-electron chi connectivity index (χ3n) is 2.07. The van der Waals surface area contributed by atoms with Gasteiger partial charge in [-0.25, -0.2) is 9.59 Å². The average Bonchev–Trinajstić information content (AvgIpc) is 2.29. The van der Waals surface area contributed by atoms with Crippen LogP contribution < -0.4 is 0 Å². The van der Waals surface area contributed by atoms with Crippen LogP contribution in [0.15, 0.2) is 29.3 Å². The molecule has 0 saturated carbocycles. The molecule has 0 saturated heterocycles. The molecule has 0 aliphatic heterocycles. The fraction of sp³-hybridized carbons (Fsp3) is 0.200. The second kappa shape index (κ2) is 5.53. The number of nitro groups is 1. The number of nitrogens with zero attached hydrogens (tertiary/aromatic N) is 2. The van der Waals surface area contributed by atoms with Gasteiger partial charge in [-0.1, -0.05) is 12.1 Å². The molecule has 0 spiro atoms. The number of hydrogen-bond acceptors (Lipinski definition) is 5. The summed E-state index contributed by atoms with van der Waals surface area (Å²) in [5.41, 5.74) is 0.460. The molecule has 0 aliphatic rings. The number of hydrogen-bond donors (Lipinski definition) is 1. The number of isocyanates is 1. The second-order valence-corrected chi connectivity index (χ2v) is 3.20. The van der Waals surface area contributed by atoms with E-state index < -0.39 is 16.9 Å². The number of carbonyl (C=O) groups is 1. The van der Waals surface area contributed by atoms with E-state index in [1.807, 2.05) is 0 Å². The number of nitro benzene ring substituents is 1. The third kappa shape index (κ3) is 3.51. The van der Waals surface area contributed by atoms with Crippen LogP contribution in [-0.4, -0.2) is 28.1 Å². The summed E-state index contributed by atoms with van der Waals surface area (Å²) in [7, 11) is 0. The summed E-state index contributed by atoms with van der Waals surface area (Å²) in [5.74, 6) is -1.24. The number of carbonyl (C=O) groups excluding carboxylic acids is 1.